The number of anilines is 1. The van der Waals surface area contributed by atoms with E-state index >= 15 is 0 Å². The third kappa shape index (κ3) is 3.81. The van der Waals surface area contributed by atoms with Crippen LogP contribution >= 0.6 is 0 Å². The third-order valence-electron chi connectivity index (χ3n) is 4.08. The van der Waals surface area contributed by atoms with Crippen molar-refractivity contribution < 1.29 is 0 Å². The monoisotopic (exact) mass is 301 g/mol. The van der Waals surface area contributed by atoms with Crippen LogP contribution in [0, 0.1) is 0 Å². The second-order valence-electron chi connectivity index (χ2n) is 5.78. The summed E-state index contributed by atoms with van der Waals surface area (Å²) < 4.78 is 0. The first kappa shape index (κ1) is 15.4. The smallest absolute Gasteiger partial charge is 0.0435 e. The summed E-state index contributed by atoms with van der Waals surface area (Å²) in [6, 6.07) is 30.1. The average molecular weight is 301 g/mol. The molecule has 3 aromatic carbocycles. The van der Waals surface area contributed by atoms with Gasteiger partial charge in [0, 0.05) is 18.8 Å². The Kier molecular flexibility index (Phi) is 5.10. The lowest BCUT2D eigenvalue weighted by atomic mass is 9.99. The van der Waals surface area contributed by atoms with Crippen LogP contribution in [0.4, 0.5) is 5.69 Å². The van der Waals surface area contributed by atoms with Gasteiger partial charge >= 0.3 is 0 Å². The molecule has 3 rings (SSSR count). The zero-order valence-corrected chi connectivity index (χ0v) is 13.7. The lowest BCUT2D eigenvalue weighted by molar-refractivity contribution is 0.768. The van der Waals surface area contributed by atoms with E-state index in [0.717, 1.165) is 19.5 Å². The normalized spacial score (nSPS) is 10.5. The summed E-state index contributed by atoms with van der Waals surface area (Å²) in [5, 5.41) is 0. The maximum Gasteiger partial charge on any atom is 0.0435 e. The van der Waals surface area contributed by atoms with Crippen molar-refractivity contribution in [1.29, 1.82) is 0 Å². The van der Waals surface area contributed by atoms with Crippen molar-refractivity contribution in [1.82, 2.24) is 0 Å². The van der Waals surface area contributed by atoms with Gasteiger partial charge in [0.1, 0.15) is 0 Å². The van der Waals surface area contributed by atoms with E-state index < -0.39 is 0 Å². The van der Waals surface area contributed by atoms with Gasteiger partial charge in [-0.1, -0.05) is 79.7 Å². The largest absolute Gasteiger partial charge is 0.367 e. The van der Waals surface area contributed by atoms with Gasteiger partial charge in [-0.15, -0.1) is 0 Å². The minimum absolute atomic E-state index is 0.933. The fourth-order valence-electron chi connectivity index (χ4n) is 2.97. The summed E-state index contributed by atoms with van der Waals surface area (Å²) >= 11 is 0. The van der Waals surface area contributed by atoms with Crippen molar-refractivity contribution in [2.45, 2.75) is 19.9 Å². The molecule has 0 bridgehead atoms. The van der Waals surface area contributed by atoms with E-state index in [2.05, 4.69) is 96.8 Å². The van der Waals surface area contributed by atoms with Gasteiger partial charge in [0.25, 0.3) is 0 Å². The van der Waals surface area contributed by atoms with Gasteiger partial charge in [0.15, 0.2) is 0 Å². The molecule has 0 N–H and O–H groups in total. The van der Waals surface area contributed by atoms with Gasteiger partial charge in [0.05, 0.1) is 0 Å². The molecule has 0 atom stereocenters. The van der Waals surface area contributed by atoms with E-state index in [1.165, 1.54) is 22.4 Å². The summed E-state index contributed by atoms with van der Waals surface area (Å²) in [5.41, 5.74) is 5.27. The molecule has 1 heteroatoms. The van der Waals surface area contributed by atoms with E-state index in [1.807, 2.05) is 0 Å². The first-order chi connectivity index (χ1) is 11.4. The molecule has 0 aliphatic heterocycles. The Hall–Kier alpha value is -2.54. The molecule has 0 fully saturated rings. The zero-order chi connectivity index (χ0) is 15.9. The minimum atomic E-state index is 0.933. The van der Waals surface area contributed by atoms with Crippen LogP contribution in [-0.4, -0.2) is 6.54 Å². The fraction of sp³-hybridized carbons (Fsp3) is 0.182. The molecule has 0 unspecified atom stereocenters. The van der Waals surface area contributed by atoms with Crippen LogP contribution in [-0.2, 0) is 6.54 Å². The number of hydrogen-bond donors (Lipinski definition) is 0. The predicted molar refractivity (Wildman–Crippen MR) is 99.7 cm³/mol. The molecule has 0 heterocycles. The van der Waals surface area contributed by atoms with Crippen molar-refractivity contribution in [3.63, 3.8) is 0 Å². The average Bonchev–Trinajstić information content (AvgIpc) is 2.63. The van der Waals surface area contributed by atoms with Gasteiger partial charge in [0.2, 0.25) is 0 Å². The van der Waals surface area contributed by atoms with Gasteiger partial charge in [-0.25, -0.2) is 0 Å². The van der Waals surface area contributed by atoms with Crippen molar-refractivity contribution in [3.8, 4) is 11.1 Å². The summed E-state index contributed by atoms with van der Waals surface area (Å²) in [7, 11) is 0. The zero-order valence-electron chi connectivity index (χ0n) is 13.7. The Morgan fingerprint density at radius 3 is 2.00 bits per heavy atom. The van der Waals surface area contributed by atoms with E-state index in [9.17, 15) is 0 Å². The van der Waals surface area contributed by atoms with Gasteiger partial charge in [-0.2, -0.15) is 0 Å². The summed E-state index contributed by atoms with van der Waals surface area (Å²) in [6.07, 6.45) is 1.14. The quantitative estimate of drug-likeness (QED) is 0.558. The summed E-state index contributed by atoms with van der Waals surface area (Å²) in [6.45, 7) is 4.23. The van der Waals surface area contributed by atoms with Crippen molar-refractivity contribution >= 4 is 5.69 Å². The SMILES string of the molecule is CCCN(Cc1ccccc1-c1ccccc1)c1ccccc1. The van der Waals surface area contributed by atoms with Crippen LogP contribution in [0.3, 0.4) is 0 Å². The molecule has 0 amide bonds. The molecular weight excluding hydrogens is 278 g/mol. The summed E-state index contributed by atoms with van der Waals surface area (Å²) in [5.74, 6) is 0. The molecule has 0 spiro atoms. The minimum Gasteiger partial charge on any atom is -0.367 e. The van der Waals surface area contributed by atoms with Crippen molar-refractivity contribution in [2.75, 3.05) is 11.4 Å². The first-order valence-corrected chi connectivity index (χ1v) is 8.32. The highest BCUT2D eigenvalue weighted by molar-refractivity contribution is 5.68. The maximum atomic E-state index is 2.46. The van der Waals surface area contributed by atoms with Crippen LogP contribution < -0.4 is 4.90 Å². The second kappa shape index (κ2) is 7.64. The molecule has 0 saturated heterocycles. The highest BCUT2D eigenvalue weighted by Crippen LogP contribution is 2.26. The number of para-hydroxylation sites is 1. The first-order valence-electron chi connectivity index (χ1n) is 8.32. The third-order valence-corrected chi connectivity index (χ3v) is 4.08. The molecular formula is C22H23N. The molecule has 1 nitrogen and oxygen atoms in total. The lowest BCUT2D eigenvalue weighted by Crippen LogP contribution is -2.23. The van der Waals surface area contributed by atoms with Crippen LogP contribution in [0.5, 0.6) is 0 Å². The van der Waals surface area contributed by atoms with Crippen molar-refractivity contribution in [3.05, 3.63) is 90.5 Å². The maximum absolute atomic E-state index is 2.46. The van der Waals surface area contributed by atoms with E-state index in [1.54, 1.807) is 0 Å². The van der Waals surface area contributed by atoms with Crippen LogP contribution in [0.1, 0.15) is 18.9 Å². The van der Waals surface area contributed by atoms with Crippen molar-refractivity contribution in [2.24, 2.45) is 0 Å². The number of nitrogens with zero attached hydrogens (tertiary/aromatic N) is 1. The van der Waals surface area contributed by atoms with E-state index in [-0.39, 0.29) is 0 Å². The molecule has 0 aliphatic rings. The Bertz CT molecular complexity index is 719. The topological polar surface area (TPSA) is 3.24 Å². The number of benzene rings is 3. The number of hydrogen-bond acceptors (Lipinski definition) is 1. The Balaban J connectivity index is 1.92. The van der Waals surface area contributed by atoms with Crippen LogP contribution in [0.2, 0.25) is 0 Å². The Morgan fingerprint density at radius 2 is 1.30 bits per heavy atom. The molecule has 0 saturated carbocycles. The molecule has 0 aliphatic carbocycles. The van der Waals surface area contributed by atoms with Gasteiger partial charge < -0.3 is 4.90 Å². The van der Waals surface area contributed by atoms with E-state index in [4.69, 9.17) is 0 Å². The van der Waals surface area contributed by atoms with Gasteiger partial charge in [-0.3, -0.25) is 0 Å². The molecule has 116 valence electrons. The van der Waals surface area contributed by atoms with Crippen LogP contribution in [0.25, 0.3) is 11.1 Å². The molecule has 23 heavy (non-hydrogen) atoms. The predicted octanol–water partition coefficient (Wildman–Crippen LogP) is 5.77. The summed E-state index contributed by atoms with van der Waals surface area (Å²) in [4.78, 5) is 2.46. The van der Waals surface area contributed by atoms with Crippen LogP contribution in [0.15, 0.2) is 84.9 Å². The highest BCUT2D eigenvalue weighted by Gasteiger charge is 2.10. The van der Waals surface area contributed by atoms with Gasteiger partial charge in [-0.05, 0) is 35.2 Å². The highest BCUT2D eigenvalue weighted by atomic mass is 15.1. The lowest BCUT2D eigenvalue weighted by Gasteiger charge is -2.25. The fourth-order valence-corrected chi connectivity index (χ4v) is 2.97. The molecule has 0 radical (unpaired) electrons. The molecule has 3 aromatic rings. The standard InChI is InChI=1S/C22H23N/c1-2-17-23(21-14-7-4-8-15-21)18-20-13-9-10-16-22(20)19-11-5-3-6-12-19/h3-16H,2,17-18H2,1H3. The Labute approximate surface area is 139 Å². The Morgan fingerprint density at radius 1 is 0.696 bits per heavy atom. The van der Waals surface area contributed by atoms with E-state index in [0.29, 0.717) is 0 Å². The molecule has 0 aromatic heterocycles. The second-order valence-corrected chi connectivity index (χ2v) is 5.78. The number of rotatable bonds is 6.